The molecule has 0 radical (unpaired) electrons. The average Bonchev–Trinajstić information content (AvgIpc) is 3.16. The summed E-state index contributed by atoms with van der Waals surface area (Å²) < 4.78 is 0. The molecule has 2 aliphatic heterocycles. The van der Waals surface area contributed by atoms with E-state index in [0.29, 0.717) is 11.1 Å². The minimum absolute atomic E-state index is 0.0177. The van der Waals surface area contributed by atoms with Crippen molar-refractivity contribution in [3.05, 3.63) is 101 Å². The van der Waals surface area contributed by atoms with Gasteiger partial charge in [-0.1, -0.05) is 54.6 Å². The molecule has 0 saturated heterocycles. The number of carbonyl (C=O) groups is 2. The molecule has 29 heavy (non-hydrogen) atoms. The van der Waals surface area contributed by atoms with Crippen LogP contribution < -0.4 is 5.32 Å². The Hall–Kier alpha value is -3.73. The third-order valence-corrected chi connectivity index (χ3v) is 5.23. The molecule has 144 valence electrons. The molecule has 2 aromatic rings. The summed E-state index contributed by atoms with van der Waals surface area (Å²) >= 11 is 0. The van der Waals surface area contributed by atoms with Crippen molar-refractivity contribution in [2.24, 2.45) is 10.9 Å². The largest absolute Gasteiger partial charge is 0.478 e. The Morgan fingerprint density at radius 3 is 2.76 bits per heavy atom. The van der Waals surface area contributed by atoms with Crippen molar-refractivity contribution in [3.63, 3.8) is 0 Å². The van der Waals surface area contributed by atoms with E-state index < -0.39 is 5.97 Å². The fraction of sp³-hybridized carbons (Fsp3) is 0.125. The Bertz CT molecular complexity index is 1110. The predicted octanol–water partition coefficient (Wildman–Crippen LogP) is 4.09. The molecule has 2 aromatic carbocycles. The molecule has 0 fully saturated rings. The number of ketones is 1. The number of carboxylic acid groups (broad SMARTS) is 1. The number of hydrogen-bond acceptors (Lipinski definition) is 4. The molecule has 2 aliphatic rings. The Morgan fingerprint density at radius 1 is 1.14 bits per heavy atom. The zero-order valence-corrected chi connectivity index (χ0v) is 15.9. The van der Waals surface area contributed by atoms with Crippen LogP contribution in [0.4, 0.5) is 0 Å². The number of rotatable bonds is 5. The lowest BCUT2D eigenvalue weighted by molar-refractivity contribution is -0.131. The molecule has 2 heterocycles. The Morgan fingerprint density at radius 2 is 1.97 bits per heavy atom. The maximum atomic E-state index is 13.3. The molecule has 0 spiro atoms. The van der Waals surface area contributed by atoms with E-state index in [0.717, 1.165) is 28.6 Å². The third-order valence-electron chi connectivity index (χ3n) is 5.23. The summed E-state index contributed by atoms with van der Waals surface area (Å²) in [6.45, 7) is 1.93. The predicted molar refractivity (Wildman–Crippen MR) is 113 cm³/mol. The lowest BCUT2D eigenvalue weighted by Gasteiger charge is -2.28. The van der Waals surface area contributed by atoms with Gasteiger partial charge in [0.25, 0.3) is 0 Å². The van der Waals surface area contributed by atoms with Crippen LogP contribution in [0.1, 0.15) is 33.0 Å². The van der Waals surface area contributed by atoms with Gasteiger partial charge >= 0.3 is 5.97 Å². The van der Waals surface area contributed by atoms with Crippen molar-refractivity contribution in [1.29, 1.82) is 0 Å². The third kappa shape index (κ3) is 3.67. The summed E-state index contributed by atoms with van der Waals surface area (Å²) in [5, 5.41) is 12.0. The second-order valence-corrected chi connectivity index (χ2v) is 7.09. The maximum absolute atomic E-state index is 13.3. The number of carboxylic acids is 1. The number of aryl methyl sites for hydroxylation is 1. The molecule has 2 N–H and O–H groups in total. The van der Waals surface area contributed by atoms with Gasteiger partial charge in [-0.25, -0.2) is 9.79 Å². The molecule has 0 amide bonds. The van der Waals surface area contributed by atoms with Crippen molar-refractivity contribution in [2.45, 2.75) is 12.8 Å². The van der Waals surface area contributed by atoms with Crippen molar-refractivity contribution in [3.8, 4) is 0 Å². The van der Waals surface area contributed by atoms with E-state index in [1.807, 2.05) is 67.7 Å². The summed E-state index contributed by atoms with van der Waals surface area (Å²) in [6, 6.07) is 15.2. The normalized spacial score (nSPS) is 20.0. The minimum Gasteiger partial charge on any atom is -0.478 e. The highest BCUT2D eigenvalue weighted by atomic mass is 16.4. The van der Waals surface area contributed by atoms with E-state index in [4.69, 9.17) is 5.11 Å². The first-order chi connectivity index (χ1) is 14.0. The van der Waals surface area contributed by atoms with E-state index in [1.54, 1.807) is 12.3 Å². The number of nitrogens with one attached hydrogen (secondary N) is 1. The quantitative estimate of drug-likeness (QED) is 0.601. The van der Waals surface area contributed by atoms with Crippen LogP contribution in [0.15, 0.2) is 83.6 Å². The van der Waals surface area contributed by atoms with E-state index >= 15 is 0 Å². The van der Waals surface area contributed by atoms with Crippen molar-refractivity contribution in [1.82, 2.24) is 5.32 Å². The summed E-state index contributed by atoms with van der Waals surface area (Å²) in [5.74, 6) is -0.533. The van der Waals surface area contributed by atoms with Gasteiger partial charge < -0.3 is 10.4 Å². The molecular formula is C24H20N2O3. The zero-order chi connectivity index (χ0) is 20.4. The second-order valence-electron chi connectivity index (χ2n) is 7.09. The highest BCUT2D eigenvalue weighted by molar-refractivity contribution is 6.15. The molecule has 0 aliphatic carbocycles. The molecule has 0 aromatic heterocycles. The topological polar surface area (TPSA) is 78.8 Å². The number of aliphatic imine (C=N–C) groups is 1. The fourth-order valence-electron chi connectivity index (χ4n) is 3.81. The number of carbonyl (C=O) groups excluding carboxylic acids is 1. The van der Waals surface area contributed by atoms with Gasteiger partial charge in [-0.3, -0.25) is 4.79 Å². The number of amidine groups is 1. The van der Waals surface area contributed by atoms with Gasteiger partial charge in [-0.15, -0.1) is 0 Å². The number of aliphatic carboxylic acids is 1. The van der Waals surface area contributed by atoms with E-state index in [-0.39, 0.29) is 17.6 Å². The first kappa shape index (κ1) is 18.6. The fourth-order valence-corrected chi connectivity index (χ4v) is 3.81. The highest BCUT2D eigenvalue weighted by Crippen LogP contribution is 2.39. The first-order valence-electron chi connectivity index (χ1n) is 9.37. The molecule has 4 rings (SSSR count). The number of hydrogen-bond donors (Lipinski definition) is 2. The van der Waals surface area contributed by atoms with Crippen LogP contribution in [0, 0.1) is 12.8 Å². The first-order valence-corrected chi connectivity index (χ1v) is 9.37. The van der Waals surface area contributed by atoms with Crippen LogP contribution >= 0.6 is 0 Å². The van der Waals surface area contributed by atoms with Gasteiger partial charge in [0, 0.05) is 29.3 Å². The molecule has 0 saturated carbocycles. The lowest BCUT2D eigenvalue weighted by Crippen LogP contribution is -2.35. The van der Waals surface area contributed by atoms with Gasteiger partial charge in [0.2, 0.25) is 0 Å². The van der Waals surface area contributed by atoms with E-state index in [2.05, 4.69) is 10.3 Å². The van der Waals surface area contributed by atoms with Crippen molar-refractivity contribution >= 4 is 23.7 Å². The SMILES string of the molecule is Cc1ccccc1C(=O)C1=CN=C2NC=CC(c3cccc(/C=C/C(=O)O)c3)C12. The monoisotopic (exact) mass is 384 g/mol. The number of allylic oxidation sites excluding steroid dienone is 1. The number of nitrogens with zero attached hydrogens (tertiary/aromatic N) is 1. The van der Waals surface area contributed by atoms with Gasteiger partial charge in [0.05, 0.1) is 5.92 Å². The number of fused-ring (bicyclic) bond motifs is 1. The van der Waals surface area contributed by atoms with E-state index in [9.17, 15) is 9.59 Å². The second kappa shape index (κ2) is 7.72. The molecule has 2 atom stereocenters. The van der Waals surface area contributed by atoms with Gasteiger partial charge in [0.1, 0.15) is 5.84 Å². The van der Waals surface area contributed by atoms with Gasteiger partial charge in [0.15, 0.2) is 5.78 Å². The summed E-state index contributed by atoms with van der Waals surface area (Å²) in [5.41, 5.74) is 4.07. The molecule has 5 heteroatoms. The Balaban J connectivity index is 1.69. The minimum atomic E-state index is -0.989. The van der Waals surface area contributed by atoms with Crippen LogP contribution in [0.5, 0.6) is 0 Å². The summed E-state index contributed by atoms with van der Waals surface area (Å²) in [6.07, 6.45) is 8.21. The molecule has 0 bridgehead atoms. The van der Waals surface area contributed by atoms with E-state index in [1.165, 1.54) is 0 Å². The number of Topliss-reactive ketones (excluding diaryl/α,β-unsaturated/α-hetero) is 1. The molecular weight excluding hydrogens is 364 g/mol. The van der Waals surface area contributed by atoms with Crippen molar-refractivity contribution in [2.75, 3.05) is 0 Å². The summed E-state index contributed by atoms with van der Waals surface area (Å²) in [4.78, 5) is 28.5. The standard InChI is InChI=1S/C24H20N2O3/c1-15-5-2-3-8-18(15)23(29)20-14-26-24-22(20)19(11-12-25-24)17-7-4-6-16(13-17)9-10-21(27)28/h2-14,19,22H,1H3,(H,25,26)(H,27,28)/b10-9+. The van der Waals surface area contributed by atoms with Crippen LogP contribution in [0.2, 0.25) is 0 Å². The Kier molecular flexibility index (Phi) is 4.96. The average molecular weight is 384 g/mol. The van der Waals surface area contributed by atoms with Crippen LogP contribution in [0.25, 0.3) is 6.08 Å². The van der Waals surface area contributed by atoms with Crippen LogP contribution in [-0.4, -0.2) is 22.7 Å². The Labute approximate surface area is 168 Å². The summed E-state index contributed by atoms with van der Waals surface area (Å²) in [7, 11) is 0. The van der Waals surface area contributed by atoms with Crippen LogP contribution in [0.3, 0.4) is 0 Å². The highest BCUT2D eigenvalue weighted by Gasteiger charge is 2.38. The van der Waals surface area contributed by atoms with Gasteiger partial charge in [-0.05, 0) is 35.9 Å². The van der Waals surface area contributed by atoms with Gasteiger partial charge in [-0.2, -0.15) is 0 Å². The number of benzene rings is 2. The smallest absolute Gasteiger partial charge is 0.328 e. The molecule has 5 nitrogen and oxygen atoms in total. The lowest BCUT2D eigenvalue weighted by atomic mass is 9.77. The maximum Gasteiger partial charge on any atom is 0.328 e. The van der Waals surface area contributed by atoms with Crippen LogP contribution in [-0.2, 0) is 4.79 Å². The zero-order valence-electron chi connectivity index (χ0n) is 15.9. The van der Waals surface area contributed by atoms with Crippen molar-refractivity contribution < 1.29 is 14.7 Å². The molecule has 2 unspecified atom stereocenters.